The van der Waals surface area contributed by atoms with E-state index in [1.165, 1.54) is 0 Å². The minimum absolute atomic E-state index is 0.0494. The lowest BCUT2D eigenvalue weighted by Gasteiger charge is -2.25. The number of morpholine rings is 1. The number of nitrogens with zero attached hydrogens (tertiary/aromatic N) is 1. The predicted molar refractivity (Wildman–Crippen MR) is 89.2 cm³/mol. The summed E-state index contributed by atoms with van der Waals surface area (Å²) in [6.45, 7) is 3.77. The summed E-state index contributed by atoms with van der Waals surface area (Å²) < 4.78 is 5.25. The molecule has 0 unspecified atom stereocenters. The minimum atomic E-state index is -0.0560. The van der Waals surface area contributed by atoms with E-state index in [1.54, 1.807) is 24.3 Å². The average molecular weight is 320 g/mol. The quantitative estimate of drug-likeness (QED) is 0.685. The summed E-state index contributed by atoms with van der Waals surface area (Å²) in [5, 5.41) is 5.65. The van der Waals surface area contributed by atoms with E-state index in [0.717, 1.165) is 13.1 Å². The van der Waals surface area contributed by atoms with Crippen LogP contribution in [0, 0.1) is 0 Å². The second-order valence-electron chi connectivity index (χ2n) is 5.45. The second-order valence-corrected chi connectivity index (χ2v) is 5.45. The molecule has 7 nitrogen and oxygen atoms in total. The van der Waals surface area contributed by atoms with Gasteiger partial charge in [0.2, 0.25) is 11.8 Å². The zero-order valence-electron chi connectivity index (χ0n) is 13.2. The normalized spacial score (nSPS) is 15.2. The lowest BCUT2D eigenvalue weighted by molar-refractivity contribution is -0.118. The molecule has 0 saturated carbocycles. The molecule has 2 amide bonds. The highest BCUT2D eigenvalue weighted by Gasteiger charge is 2.14. The molecule has 1 aliphatic heterocycles. The Kier molecular flexibility index (Phi) is 6.99. The molecule has 1 aromatic carbocycles. The summed E-state index contributed by atoms with van der Waals surface area (Å²) >= 11 is 0. The van der Waals surface area contributed by atoms with Gasteiger partial charge in [-0.1, -0.05) is 0 Å². The molecule has 1 aliphatic rings. The lowest BCUT2D eigenvalue weighted by Crippen LogP contribution is -2.41. The maximum absolute atomic E-state index is 12.0. The largest absolute Gasteiger partial charge is 0.379 e. The number of rotatable bonds is 7. The van der Waals surface area contributed by atoms with Crippen molar-refractivity contribution >= 4 is 23.2 Å². The molecule has 23 heavy (non-hydrogen) atoms. The van der Waals surface area contributed by atoms with Gasteiger partial charge in [0, 0.05) is 30.9 Å². The van der Waals surface area contributed by atoms with Gasteiger partial charge >= 0.3 is 0 Å². The molecule has 7 heteroatoms. The third-order valence-corrected chi connectivity index (χ3v) is 3.53. The van der Waals surface area contributed by atoms with Crippen LogP contribution < -0.4 is 16.4 Å². The molecule has 0 aliphatic carbocycles. The van der Waals surface area contributed by atoms with E-state index in [-0.39, 0.29) is 11.8 Å². The molecule has 1 fully saturated rings. The van der Waals surface area contributed by atoms with E-state index in [4.69, 9.17) is 10.5 Å². The molecule has 0 atom stereocenters. The second kappa shape index (κ2) is 9.24. The highest BCUT2D eigenvalue weighted by molar-refractivity contribution is 5.93. The first kappa shape index (κ1) is 17.4. The van der Waals surface area contributed by atoms with Crippen LogP contribution in [-0.2, 0) is 14.3 Å². The molecule has 2 rings (SSSR count). The zero-order valence-corrected chi connectivity index (χ0v) is 13.2. The highest BCUT2D eigenvalue weighted by Crippen LogP contribution is 2.14. The predicted octanol–water partition coefficient (Wildman–Crippen LogP) is 0.635. The summed E-state index contributed by atoms with van der Waals surface area (Å²) in [6, 6.07) is 7.08. The Morgan fingerprint density at radius 1 is 1.04 bits per heavy atom. The van der Waals surface area contributed by atoms with Crippen molar-refractivity contribution in [2.24, 2.45) is 5.73 Å². The minimum Gasteiger partial charge on any atom is -0.379 e. The van der Waals surface area contributed by atoms with Gasteiger partial charge in [-0.05, 0) is 37.2 Å². The Labute approximate surface area is 136 Å². The molecule has 0 spiro atoms. The van der Waals surface area contributed by atoms with Crippen molar-refractivity contribution in [2.75, 3.05) is 50.0 Å². The number of amides is 2. The van der Waals surface area contributed by atoms with Gasteiger partial charge in [-0.25, -0.2) is 0 Å². The summed E-state index contributed by atoms with van der Waals surface area (Å²) in [4.78, 5) is 25.7. The number of nitrogens with one attached hydrogen (secondary N) is 2. The van der Waals surface area contributed by atoms with E-state index < -0.39 is 0 Å². The number of ether oxygens (including phenoxy) is 1. The zero-order chi connectivity index (χ0) is 16.5. The molecule has 1 aromatic rings. The van der Waals surface area contributed by atoms with Crippen molar-refractivity contribution in [1.82, 2.24) is 4.90 Å². The van der Waals surface area contributed by atoms with E-state index in [9.17, 15) is 9.59 Å². The van der Waals surface area contributed by atoms with Crippen LogP contribution in [0.1, 0.15) is 12.8 Å². The Balaban J connectivity index is 1.77. The Hall–Kier alpha value is -1.96. The van der Waals surface area contributed by atoms with Gasteiger partial charge in [-0.3, -0.25) is 14.5 Å². The smallest absolute Gasteiger partial charge is 0.238 e. The van der Waals surface area contributed by atoms with Crippen LogP contribution in [0.5, 0.6) is 0 Å². The van der Waals surface area contributed by atoms with Gasteiger partial charge in [0.15, 0.2) is 0 Å². The fourth-order valence-corrected chi connectivity index (χ4v) is 2.29. The molecule has 1 saturated heterocycles. The molecule has 0 bridgehead atoms. The Bertz CT molecular complexity index is 513. The molecule has 0 aromatic heterocycles. The SMILES string of the molecule is NCCCC(=O)Nc1ccc(NC(=O)CN2CCOCC2)cc1. The van der Waals surface area contributed by atoms with Crippen molar-refractivity contribution in [3.8, 4) is 0 Å². The van der Waals surface area contributed by atoms with Gasteiger partial charge in [-0.2, -0.15) is 0 Å². The monoisotopic (exact) mass is 320 g/mol. The number of carbonyl (C=O) groups is 2. The molecular weight excluding hydrogens is 296 g/mol. The molecule has 4 N–H and O–H groups in total. The summed E-state index contributed by atoms with van der Waals surface area (Å²) in [7, 11) is 0. The van der Waals surface area contributed by atoms with Crippen LogP contribution >= 0.6 is 0 Å². The Morgan fingerprint density at radius 3 is 2.17 bits per heavy atom. The lowest BCUT2D eigenvalue weighted by atomic mass is 10.2. The van der Waals surface area contributed by atoms with E-state index in [0.29, 0.717) is 50.5 Å². The van der Waals surface area contributed by atoms with Crippen LogP contribution in [0.15, 0.2) is 24.3 Å². The van der Waals surface area contributed by atoms with Crippen LogP contribution in [0.2, 0.25) is 0 Å². The molecule has 1 heterocycles. The third kappa shape index (κ3) is 6.35. The molecule has 0 radical (unpaired) electrons. The van der Waals surface area contributed by atoms with Crippen LogP contribution in [0.4, 0.5) is 11.4 Å². The van der Waals surface area contributed by atoms with Gasteiger partial charge in [0.1, 0.15) is 0 Å². The van der Waals surface area contributed by atoms with Crippen LogP contribution in [-0.4, -0.2) is 56.1 Å². The highest BCUT2D eigenvalue weighted by atomic mass is 16.5. The standard InChI is InChI=1S/C16H24N4O3/c17-7-1-2-15(21)18-13-3-5-14(6-4-13)19-16(22)12-20-8-10-23-11-9-20/h3-6H,1-2,7-12,17H2,(H,18,21)(H,19,22). The number of carbonyl (C=O) groups excluding carboxylic acids is 2. The number of hydrogen-bond acceptors (Lipinski definition) is 5. The van der Waals surface area contributed by atoms with Gasteiger partial charge in [0.05, 0.1) is 19.8 Å². The van der Waals surface area contributed by atoms with Crippen molar-refractivity contribution in [1.29, 1.82) is 0 Å². The maximum atomic E-state index is 12.0. The fourth-order valence-electron chi connectivity index (χ4n) is 2.29. The van der Waals surface area contributed by atoms with E-state index in [1.807, 2.05) is 0 Å². The Morgan fingerprint density at radius 2 is 1.61 bits per heavy atom. The summed E-state index contributed by atoms with van der Waals surface area (Å²) in [5.74, 6) is -0.105. The van der Waals surface area contributed by atoms with E-state index >= 15 is 0 Å². The molecule has 126 valence electrons. The first-order chi connectivity index (χ1) is 11.2. The van der Waals surface area contributed by atoms with E-state index in [2.05, 4.69) is 15.5 Å². The summed E-state index contributed by atoms with van der Waals surface area (Å²) in [6.07, 6.45) is 1.08. The van der Waals surface area contributed by atoms with Crippen LogP contribution in [0.25, 0.3) is 0 Å². The third-order valence-electron chi connectivity index (χ3n) is 3.53. The fraction of sp³-hybridized carbons (Fsp3) is 0.500. The van der Waals surface area contributed by atoms with Crippen molar-refractivity contribution < 1.29 is 14.3 Å². The van der Waals surface area contributed by atoms with Crippen molar-refractivity contribution in [2.45, 2.75) is 12.8 Å². The number of nitrogens with two attached hydrogens (primary N) is 1. The number of benzene rings is 1. The first-order valence-corrected chi connectivity index (χ1v) is 7.87. The summed E-state index contributed by atoms with van der Waals surface area (Å²) in [5.41, 5.74) is 6.79. The topological polar surface area (TPSA) is 96.7 Å². The van der Waals surface area contributed by atoms with Gasteiger partial charge in [-0.15, -0.1) is 0 Å². The first-order valence-electron chi connectivity index (χ1n) is 7.87. The van der Waals surface area contributed by atoms with Crippen molar-refractivity contribution in [3.63, 3.8) is 0 Å². The average Bonchev–Trinajstić information content (AvgIpc) is 2.55. The van der Waals surface area contributed by atoms with Crippen molar-refractivity contribution in [3.05, 3.63) is 24.3 Å². The van der Waals surface area contributed by atoms with Gasteiger partial charge < -0.3 is 21.1 Å². The van der Waals surface area contributed by atoms with Crippen LogP contribution in [0.3, 0.4) is 0 Å². The van der Waals surface area contributed by atoms with Gasteiger partial charge in [0.25, 0.3) is 0 Å². The number of hydrogen-bond donors (Lipinski definition) is 3. The maximum Gasteiger partial charge on any atom is 0.238 e. The molecular formula is C16H24N4O3. The number of anilines is 2.